The average Bonchev–Trinajstić information content (AvgIpc) is 2.83. The zero-order chi connectivity index (χ0) is 22.5. The molecule has 0 spiro atoms. The number of hydrogen-bond acceptors (Lipinski definition) is 6. The van der Waals surface area contributed by atoms with Crippen LogP contribution in [0.1, 0.15) is 61.3 Å². The Balaban J connectivity index is 1.94. The molecule has 2 amide bonds. The van der Waals surface area contributed by atoms with Crippen LogP contribution in [0.2, 0.25) is 0 Å². The van der Waals surface area contributed by atoms with E-state index in [-0.39, 0.29) is 18.2 Å². The number of alkyl carbamates (subject to hydrolysis) is 1. The molecule has 172 valence electrons. The zero-order valence-electron chi connectivity index (χ0n) is 19.5. The first-order valence-electron chi connectivity index (χ1n) is 10.8. The number of nitrogens with one attached hydrogen (secondary N) is 1. The fourth-order valence-electron chi connectivity index (χ4n) is 3.65. The summed E-state index contributed by atoms with van der Waals surface area (Å²) in [5.41, 5.74) is -0.997. The zero-order valence-corrected chi connectivity index (χ0v) is 20.3. The van der Waals surface area contributed by atoms with Gasteiger partial charge in [0.1, 0.15) is 11.2 Å². The van der Waals surface area contributed by atoms with Crippen LogP contribution in [-0.4, -0.2) is 82.4 Å². The largest absolute Gasteiger partial charge is 0.444 e. The quantitative estimate of drug-likeness (QED) is 0.406. The van der Waals surface area contributed by atoms with Gasteiger partial charge in [-0.15, -0.1) is 0 Å². The van der Waals surface area contributed by atoms with Gasteiger partial charge in [-0.1, -0.05) is 18.7 Å². The molecule has 0 aliphatic carbocycles. The summed E-state index contributed by atoms with van der Waals surface area (Å²) >= 11 is 1.72. The Kier molecular flexibility index (Phi) is 8.30. The fourth-order valence-corrected chi connectivity index (χ4v) is 4.53. The van der Waals surface area contributed by atoms with Gasteiger partial charge >= 0.3 is 12.2 Å². The van der Waals surface area contributed by atoms with E-state index in [1.807, 2.05) is 46.4 Å². The number of rotatable bonds is 4. The minimum atomic E-state index is -0.510. The predicted octanol–water partition coefficient (Wildman–Crippen LogP) is 3.70. The molecule has 1 N–H and O–H groups in total. The molecule has 2 aliphatic rings. The van der Waals surface area contributed by atoms with E-state index < -0.39 is 17.3 Å². The highest BCUT2D eigenvalue weighted by molar-refractivity contribution is 8.13. The van der Waals surface area contributed by atoms with Crippen molar-refractivity contribution in [1.82, 2.24) is 15.1 Å². The summed E-state index contributed by atoms with van der Waals surface area (Å²) in [6, 6.07) is 0.515. The van der Waals surface area contributed by atoms with E-state index in [2.05, 4.69) is 17.1 Å². The molecule has 2 saturated heterocycles. The molecule has 0 saturated carbocycles. The Morgan fingerprint density at radius 3 is 2.10 bits per heavy atom. The normalized spacial score (nSPS) is 22.2. The van der Waals surface area contributed by atoms with Gasteiger partial charge in [-0.05, 0) is 60.1 Å². The van der Waals surface area contributed by atoms with E-state index in [0.29, 0.717) is 26.2 Å². The van der Waals surface area contributed by atoms with Crippen LogP contribution in [0.25, 0.3) is 0 Å². The fraction of sp³-hybridized carbons (Fsp3) is 0.857. The van der Waals surface area contributed by atoms with Crippen molar-refractivity contribution in [3.8, 4) is 0 Å². The SMILES string of the molecule is CCS/C(=N/CCNC(=O)OC(C)(C)C)N1C2CCC1CN(C(=O)OC(C)(C)C)C2. The third kappa shape index (κ3) is 7.56. The van der Waals surface area contributed by atoms with Crippen LogP contribution in [0.15, 0.2) is 4.99 Å². The van der Waals surface area contributed by atoms with Crippen molar-refractivity contribution < 1.29 is 19.1 Å². The first-order chi connectivity index (χ1) is 13.9. The third-order valence-electron chi connectivity index (χ3n) is 4.66. The van der Waals surface area contributed by atoms with E-state index in [0.717, 1.165) is 23.8 Å². The number of carbonyl (C=O) groups is 2. The molecule has 0 radical (unpaired) electrons. The molecule has 2 heterocycles. The number of likely N-dealkylation sites (tertiary alicyclic amines) is 1. The molecule has 0 aromatic carbocycles. The monoisotopic (exact) mass is 442 g/mol. The van der Waals surface area contributed by atoms with Crippen molar-refractivity contribution in [2.24, 2.45) is 4.99 Å². The number of nitrogens with zero attached hydrogens (tertiary/aromatic N) is 3. The van der Waals surface area contributed by atoms with E-state index >= 15 is 0 Å². The molecule has 2 bridgehead atoms. The van der Waals surface area contributed by atoms with Crippen LogP contribution in [0.4, 0.5) is 9.59 Å². The molecule has 2 rings (SSSR count). The molecule has 2 fully saturated rings. The lowest BCUT2D eigenvalue weighted by Crippen LogP contribution is -2.57. The van der Waals surface area contributed by atoms with Gasteiger partial charge in [-0.3, -0.25) is 4.99 Å². The second kappa shape index (κ2) is 10.1. The standard InChI is InChI=1S/C21H38N4O4S/c1-8-30-17(22-11-12-23-18(26)28-20(2,3)4)25-15-9-10-16(25)14-24(13-15)19(27)29-21(5,6)7/h15-16H,8-14H2,1-7H3,(H,23,26)/b22-17+. The Labute approximate surface area is 185 Å². The highest BCUT2D eigenvalue weighted by Crippen LogP contribution is 2.33. The third-order valence-corrected chi connectivity index (χ3v) is 5.54. The van der Waals surface area contributed by atoms with Crippen molar-refractivity contribution in [2.75, 3.05) is 31.9 Å². The Morgan fingerprint density at radius 1 is 1.03 bits per heavy atom. The van der Waals surface area contributed by atoms with Gasteiger partial charge in [0.2, 0.25) is 0 Å². The van der Waals surface area contributed by atoms with Gasteiger partial charge in [0.05, 0.1) is 6.54 Å². The van der Waals surface area contributed by atoms with Crippen LogP contribution < -0.4 is 5.32 Å². The lowest BCUT2D eigenvalue weighted by molar-refractivity contribution is 0.0111. The molecule has 2 atom stereocenters. The van der Waals surface area contributed by atoms with Gasteiger partial charge in [0.25, 0.3) is 0 Å². The highest BCUT2D eigenvalue weighted by atomic mass is 32.2. The number of aliphatic imine (C=N–C) groups is 1. The molecule has 2 aliphatic heterocycles. The van der Waals surface area contributed by atoms with Crippen molar-refractivity contribution in [3.05, 3.63) is 0 Å². The molecule has 8 nitrogen and oxygen atoms in total. The summed E-state index contributed by atoms with van der Waals surface area (Å²) in [7, 11) is 0. The molecule has 2 unspecified atom stereocenters. The summed E-state index contributed by atoms with van der Waals surface area (Å²) in [4.78, 5) is 33.3. The minimum absolute atomic E-state index is 0.234. The summed E-state index contributed by atoms with van der Waals surface area (Å²) in [5, 5.41) is 3.76. The Morgan fingerprint density at radius 2 is 1.60 bits per heavy atom. The number of amides is 2. The van der Waals surface area contributed by atoms with E-state index in [1.54, 1.807) is 11.8 Å². The second-order valence-electron chi connectivity index (χ2n) is 9.70. The maximum Gasteiger partial charge on any atom is 0.410 e. The van der Waals surface area contributed by atoms with Crippen LogP contribution in [0.3, 0.4) is 0 Å². The molecule has 30 heavy (non-hydrogen) atoms. The lowest BCUT2D eigenvalue weighted by atomic mass is 10.2. The second-order valence-corrected chi connectivity index (χ2v) is 10.9. The summed E-state index contributed by atoms with van der Waals surface area (Å²) < 4.78 is 10.8. The van der Waals surface area contributed by atoms with Gasteiger partial charge in [0, 0.05) is 31.7 Å². The Hall–Kier alpha value is -1.64. The summed E-state index contributed by atoms with van der Waals surface area (Å²) in [6.07, 6.45) is 1.43. The first kappa shape index (κ1) is 24.6. The number of hydrogen-bond donors (Lipinski definition) is 1. The number of ether oxygens (including phenoxy) is 2. The lowest BCUT2D eigenvalue weighted by Gasteiger charge is -2.42. The molecular weight excluding hydrogens is 404 g/mol. The number of fused-ring (bicyclic) bond motifs is 2. The molecule has 9 heteroatoms. The molecule has 0 aromatic rings. The maximum atomic E-state index is 12.5. The number of thioether (sulfide) groups is 1. The number of amidine groups is 1. The van der Waals surface area contributed by atoms with Crippen molar-refractivity contribution >= 4 is 29.1 Å². The van der Waals surface area contributed by atoms with Gasteiger partial charge in [-0.25, -0.2) is 9.59 Å². The summed E-state index contributed by atoms with van der Waals surface area (Å²) in [6.45, 7) is 15.5. The number of carbonyl (C=O) groups excluding carboxylic acids is 2. The predicted molar refractivity (Wildman–Crippen MR) is 121 cm³/mol. The Bertz CT molecular complexity index is 628. The van der Waals surface area contributed by atoms with Crippen LogP contribution >= 0.6 is 11.8 Å². The topological polar surface area (TPSA) is 83.5 Å². The van der Waals surface area contributed by atoms with Crippen molar-refractivity contribution in [2.45, 2.75) is 84.6 Å². The summed E-state index contributed by atoms with van der Waals surface area (Å²) in [5.74, 6) is 0.921. The van der Waals surface area contributed by atoms with Crippen LogP contribution in [0, 0.1) is 0 Å². The average molecular weight is 443 g/mol. The molecular formula is C21H38N4O4S. The van der Waals surface area contributed by atoms with E-state index in [1.165, 1.54) is 0 Å². The van der Waals surface area contributed by atoms with Crippen LogP contribution in [-0.2, 0) is 9.47 Å². The van der Waals surface area contributed by atoms with Gasteiger partial charge in [-0.2, -0.15) is 0 Å². The van der Waals surface area contributed by atoms with Crippen molar-refractivity contribution in [3.63, 3.8) is 0 Å². The van der Waals surface area contributed by atoms with Gasteiger partial charge in [0.15, 0.2) is 5.17 Å². The minimum Gasteiger partial charge on any atom is -0.444 e. The van der Waals surface area contributed by atoms with E-state index in [9.17, 15) is 9.59 Å². The van der Waals surface area contributed by atoms with Crippen molar-refractivity contribution in [1.29, 1.82) is 0 Å². The highest BCUT2D eigenvalue weighted by Gasteiger charge is 2.43. The number of piperazine rings is 1. The first-order valence-corrected chi connectivity index (χ1v) is 11.8. The smallest absolute Gasteiger partial charge is 0.410 e. The molecule has 0 aromatic heterocycles. The van der Waals surface area contributed by atoms with Crippen LogP contribution in [0.5, 0.6) is 0 Å². The van der Waals surface area contributed by atoms with Gasteiger partial charge < -0.3 is 24.6 Å². The van der Waals surface area contributed by atoms with E-state index in [4.69, 9.17) is 14.5 Å². The maximum absolute atomic E-state index is 12.5.